The van der Waals surface area contributed by atoms with Crippen LogP contribution in [0.5, 0.6) is 0 Å². The predicted octanol–water partition coefficient (Wildman–Crippen LogP) is 2.59. The third-order valence-electron chi connectivity index (χ3n) is 3.45. The SMILES string of the molecule is CSCCC(C)N(C)C(=O)C(N)c1ccc(C)cc1. The zero-order chi connectivity index (χ0) is 14.4. The number of carbonyl (C=O) groups excluding carboxylic acids is 1. The maximum absolute atomic E-state index is 12.3. The second kappa shape index (κ2) is 7.56. The number of nitrogens with zero attached hydrogens (tertiary/aromatic N) is 1. The molecule has 0 radical (unpaired) electrons. The van der Waals surface area contributed by atoms with Gasteiger partial charge in [-0.1, -0.05) is 29.8 Å². The Kier molecular flexibility index (Phi) is 6.38. The van der Waals surface area contributed by atoms with Crippen LogP contribution >= 0.6 is 11.8 Å². The first-order valence-corrected chi connectivity index (χ1v) is 7.94. The van der Waals surface area contributed by atoms with Crippen molar-refractivity contribution in [3.05, 3.63) is 35.4 Å². The molecule has 0 aromatic heterocycles. The standard InChI is InChI=1S/C15H24N2OS/c1-11-5-7-13(8-6-11)14(16)15(18)17(3)12(2)9-10-19-4/h5-8,12,14H,9-10,16H2,1-4H3. The van der Waals surface area contributed by atoms with Crippen LogP contribution in [0.1, 0.15) is 30.5 Å². The van der Waals surface area contributed by atoms with Crippen molar-refractivity contribution in [3.8, 4) is 0 Å². The number of rotatable bonds is 6. The van der Waals surface area contributed by atoms with Crippen molar-refractivity contribution in [1.82, 2.24) is 4.90 Å². The lowest BCUT2D eigenvalue weighted by atomic mass is 10.0. The molecule has 1 aromatic rings. The number of hydrogen-bond donors (Lipinski definition) is 1. The Morgan fingerprint density at radius 1 is 1.37 bits per heavy atom. The fraction of sp³-hybridized carbons (Fsp3) is 0.533. The Balaban J connectivity index is 2.68. The average molecular weight is 280 g/mol. The summed E-state index contributed by atoms with van der Waals surface area (Å²) in [5, 5.41) is 0. The second-order valence-corrected chi connectivity index (χ2v) is 5.95. The average Bonchev–Trinajstić information content (AvgIpc) is 2.43. The summed E-state index contributed by atoms with van der Waals surface area (Å²) in [5.74, 6) is 1.04. The van der Waals surface area contributed by atoms with E-state index in [0.717, 1.165) is 17.7 Å². The fourth-order valence-electron chi connectivity index (χ4n) is 1.84. The first-order valence-electron chi connectivity index (χ1n) is 6.55. The third kappa shape index (κ3) is 4.55. The molecule has 1 rings (SSSR count). The highest BCUT2D eigenvalue weighted by Crippen LogP contribution is 2.16. The van der Waals surface area contributed by atoms with Crippen molar-refractivity contribution in [1.29, 1.82) is 0 Å². The number of amides is 1. The van der Waals surface area contributed by atoms with E-state index in [4.69, 9.17) is 5.73 Å². The summed E-state index contributed by atoms with van der Waals surface area (Å²) < 4.78 is 0. The van der Waals surface area contributed by atoms with Crippen LogP contribution in [0.15, 0.2) is 24.3 Å². The molecule has 3 nitrogen and oxygen atoms in total. The molecule has 1 amide bonds. The van der Waals surface area contributed by atoms with Gasteiger partial charge < -0.3 is 10.6 Å². The molecule has 0 saturated carbocycles. The van der Waals surface area contributed by atoms with E-state index in [1.165, 1.54) is 5.56 Å². The van der Waals surface area contributed by atoms with Gasteiger partial charge in [0.15, 0.2) is 0 Å². The molecular formula is C15H24N2OS. The van der Waals surface area contributed by atoms with Crippen molar-refractivity contribution in [3.63, 3.8) is 0 Å². The van der Waals surface area contributed by atoms with Gasteiger partial charge in [-0.3, -0.25) is 4.79 Å². The number of aryl methyl sites for hydroxylation is 1. The first-order chi connectivity index (χ1) is 8.97. The third-order valence-corrected chi connectivity index (χ3v) is 4.10. The molecule has 2 N–H and O–H groups in total. The van der Waals surface area contributed by atoms with E-state index in [0.29, 0.717) is 0 Å². The lowest BCUT2D eigenvalue weighted by molar-refractivity contribution is -0.133. The van der Waals surface area contributed by atoms with Gasteiger partial charge in [0.2, 0.25) is 5.91 Å². The van der Waals surface area contributed by atoms with Gasteiger partial charge in [-0.15, -0.1) is 0 Å². The normalized spacial score (nSPS) is 13.9. The van der Waals surface area contributed by atoms with Crippen molar-refractivity contribution in [2.75, 3.05) is 19.1 Å². The van der Waals surface area contributed by atoms with Crippen LogP contribution in [-0.2, 0) is 4.79 Å². The molecule has 2 atom stereocenters. The molecule has 0 bridgehead atoms. The Hall–Kier alpha value is -1.00. The summed E-state index contributed by atoms with van der Waals surface area (Å²) in [6.07, 6.45) is 3.07. The van der Waals surface area contributed by atoms with Gasteiger partial charge in [-0.05, 0) is 37.8 Å². The molecule has 0 saturated heterocycles. The lowest BCUT2D eigenvalue weighted by Crippen LogP contribution is -2.41. The maximum Gasteiger partial charge on any atom is 0.244 e. The quantitative estimate of drug-likeness (QED) is 0.871. The number of benzene rings is 1. The van der Waals surface area contributed by atoms with E-state index in [9.17, 15) is 4.79 Å². The number of hydrogen-bond acceptors (Lipinski definition) is 3. The van der Waals surface area contributed by atoms with Gasteiger partial charge in [0, 0.05) is 13.1 Å². The van der Waals surface area contributed by atoms with Gasteiger partial charge in [-0.25, -0.2) is 0 Å². The minimum Gasteiger partial charge on any atom is -0.341 e. The van der Waals surface area contributed by atoms with Crippen LogP contribution < -0.4 is 5.73 Å². The molecular weight excluding hydrogens is 256 g/mol. The van der Waals surface area contributed by atoms with Gasteiger partial charge in [-0.2, -0.15) is 11.8 Å². The highest BCUT2D eigenvalue weighted by Gasteiger charge is 2.22. The van der Waals surface area contributed by atoms with Crippen molar-refractivity contribution >= 4 is 17.7 Å². The summed E-state index contributed by atoms with van der Waals surface area (Å²) >= 11 is 1.80. The van der Waals surface area contributed by atoms with Crippen LogP contribution in [0.3, 0.4) is 0 Å². The molecule has 0 aliphatic heterocycles. The van der Waals surface area contributed by atoms with Gasteiger partial charge in [0.05, 0.1) is 0 Å². The molecule has 4 heteroatoms. The smallest absolute Gasteiger partial charge is 0.244 e. The summed E-state index contributed by atoms with van der Waals surface area (Å²) in [6.45, 7) is 4.09. The molecule has 0 spiro atoms. The van der Waals surface area contributed by atoms with Crippen LogP contribution in [0.4, 0.5) is 0 Å². The number of carbonyl (C=O) groups is 1. The van der Waals surface area contributed by atoms with Crippen LogP contribution in [0, 0.1) is 6.92 Å². The number of likely N-dealkylation sites (N-methyl/N-ethyl adjacent to an activating group) is 1. The van der Waals surface area contributed by atoms with Crippen LogP contribution in [-0.4, -0.2) is 35.9 Å². The molecule has 2 unspecified atom stereocenters. The van der Waals surface area contributed by atoms with E-state index in [2.05, 4.69) is 13.2 Å². The molecule has 0 fully saturated rings. The Labute approximate surface area is 120 Å². The first kappa shape index (κ1) is 16.1. The zero-order valence-corrected chi connectivity index (χ0v) is 13.0. The monoisotopic (exact) mass is 280 g/mol. The van der Waals surface area contributed by atoms with E-state index in [1.54, 1.807) is 16.7 Å². The van der Waals surface area contributed by atoms with E-state index in [-0.39, 0.29) is 11.9 Å². The topological polar surface area (TPSA) is 46.3 Å². The summed E-state index contributed by atoms with van der Waals surface area (Å²) in [6, 6.07) is 7.48. The van der Waals surface area contributed by atoms with E-state index < -0.39 is 6.04 Å². The van der Waals surface area contributed by atoms with Crippen LogP contribution in [0.2, 0.25) is 0 Å². The van der Waals surface area contributed by atoms with Crippen molar-refractivity contribution < 1.29 is 4.79 Å². The minimum atomic E-state index is -0.567. The molecule has 0 aliphatic carbocycles. The Morgan fingerprint density at radius 2 is 1.95 bits per heavy atom. The number of thioether (sulfide) groups is 1. The summed E-state index contributed by atoms with van der Waals surface area (Å²) in [7, 11) is 1.83. The number of nitrogens with two attached hydrogens (primary N) is 1. The largest absolute Gasteiger partial charge is 0.341 e. The molecule has 0 aliphatic rings. The lowest BCUT2D eigenvalue weighted by Gasteiger charge is -2.27. The molecule has 1 aromatic carbocycles. The van der Waals surface area contributed by atoms with Crippen molar-refractivity contribution in [2.45, 2.75) is 32.4 Å². The maximum atomic E-state index is 12.3. The van der Waals surface area contributed by atoms with E-state index in [1.807, 2.05) is 38.2 Å². The molecule has 19 heavy (non-hydrogen) atoms. The molecule has 0 heterocycles. The minimum absolute atomic E-state index is 0.0162. The highest BCUT2D eigenvalue weighted by atomic mass is 32.2. The summed E-state index contributed by atoms with van der Waals surface area (Å²) in [5.41, 5.74) is 8.11. The van der Waals surface area contributed by atoms with Crippen LogP contribution in [0.25, 0.3) is 0 Å². The van der Waals surface area contributed by atoms with E-state index >= 15 is 0 Å². The zero-order valence-electron chi connectivity index (χ0n) is 12.2. The highest BCUT2D eigenvalue weighted by molar-refractivity contribution is 7.98. The predicted molar refractivity (Wildman–Crippen MR) is 83.3 cm³/mol. The van der Waals surface area contributed by atoms with Crippen molar-refractivity contribution in [2.24, 2.45) is 5.73 Å². The Morgan fingerprint density at radius 3 is 2.47 bits per heavy atom. The molecule has 106 valence electrons. The van der Waals surface area contributed by atoms with Gasteiger partial charge in [0.25, 0.3) is 0 Å². The van der Waals surface area contributed by atoms with Gasteiger partial charge >= 0.3 is 0 Å². The second-order valence-electron chi connectivity index (χ2n) is 4.97. The Bertz CT molecular complexity index is 405. The fourth-order valence-corrected chi connectivity index (χ4v) is 2.41. The summed E-state index contributed by atoms with van der Waals surface area (Å²) in [4.78, 5) is 14.1. The van der Waals surface area contributed by atoms with Gasteiger partial charge in [0.1, 0.15) is 6.04 Å².